The second kappa shape index (κ2) is 7.96. The predicted molar refractivity (Wildman–Crippen MR) is 98.9 cm³/mol. The maximum absolute atomic E-state index is 12.2. The number of hydrogen-bond acceptors (Lipinski definition) is 5. The number of rotatable bonds is 5. The number of pyridine rings is 1. The zero-order valence-electron chi connectivity index (χ0n) is 15.3. The first-order chi connectivity index (χ1) is 13.0. The van der Waals surface area contributed by atoms with Gasteiger partial charge in [0.1, 0.15) is 24.3 Å². The number of nitrogens with one attached hydrogen (secondary N) is 2. The van der Waals surface area contributed by atoms with Crippen LogP contribution in [-0.4, -0.2) is 30.1 Å². The molecule has 2 N–H and O–H groups in total. The van der Waals surface area contributed by atoms with Crippen molar-refractivity contribution in [2.75, 3.05) is 13.2 Å². The van der Waals surface area contributed by atoms with Gasteiger partial charge in [0.15, 0.2) is 11.5 Å². The maximum Gasteiger partial charge on any atom is 0.266 e. The van der Waals surface area contributed by atoms with E-state index >= 15 is 0 Å². The van der Waals surface area contributed by atoms with E-state index in [0.717, 1.165) is 5.56 Å². The number of aromatic amines is 1. The van der Waals surface area contributed by atoms with E-state index in [0.29, 0.717) is 42.3 Å². The van der Waals surface area contributed by atoms with Crippen LogP contribution in [0.1, 0.15) is 28.8 Å². The van der Waals surface area contributed by atoms with Crippen LogP contribution >= 0.6 is 0 Å². The lowest BCUT2D eigenvalue weighted by molar-refractivity contribution is -0.121. The Labute approximate surface area is 156 Å². The fourth-order valence-corrected chi connectivity index (χ4v) is 3.14. The van der Waals surface area contributed by atoms with Gasteiger partial charge in [-0.3, -0.25) is 9.59 Å². The number of nitriles is 1. The summed E-state index contributed by atoms with van der Waals surface area (Å²) in [6, 6.07) is 9.34. The molecule has 0 saturated carbocycles. The van der Waals surface area contributed by atoms with Crippen LogP contribution in [0.5, 0.6) is 11.5 Å². The number of para-hydroxylation sites is 2. The van der Waals surface area contributed by atoms with Crippen molar-refractivity contribution in [3.05, 3.63) is 57.0 Å². The molecule has 2 aromatic rings. The van der Waals surface area contributed by atoms with Crippen LogP contribution in [0.15, 0.2) is 29.1 Å². The van der Waals surface area contributed by atoms with Crippen molar-refractivity contribution in [1.82, 2.24) is 10.3 Å². The van der Waals surface area contributed by atoms with E-state index in [2.05, 4.69) is 10.3 Å². The SMILES string of the molecule is Cc1[nH]c(=O)c(C#N)c(C)c1CCC(=O)NCC1COc2ccccc2O1. The lowest BCUT2D eigenvalue weighted by Crippen LogP contribution is -2.40. The van der Waals surface area contributed by atoms with Gasteiger partial charge in [0.2, 0.25) is 5.91 Å². The first-order valence-corrected chi connectivity index (χ1v) is 8.77. The highest BCUT2D eigenvalue weighted by atomic mass is 16.6. The molecule has 1 atom stereocenters. The molecule has 2 heterocycles. The van der Waals surface area contributed by atoms with Crippen LogP contribution in [0.25, 0.3) is 0 Å². The fourth-order valence-electron chi connectivity index (χ4n) is 3.14. The van der Waals surface area contributed by atoms with Gasteiger partial charge in [0, 0.05) is 12.1 Å². The molecule has 0 spiro atoms. The third-order valence-corrected chi connectivity index (χ3v) is 4.62. The Kier molecular flexibility index (Phi) is 5.46. The molecule has 27 heavy (non-hydrogen) atoms. The molecule has 0 radical (unpaired) electrons. The molecule has 1 aliphatic heterocycles. The predicted octanol–water partition coefficient (Wildman–Crippen LogP) is 1.75. The molecule has 0 saturated heterocycles. The van der Waals surface area contributed by atoms with E-state index < -0.39 is 5.56 Å². The van der Waals surface area contributed by atoms with Crippen molar-refractivity contribution < 1.29 is 14.3 Å². The number of aromatic nitrogens is 1. The summed E-state index contributed by atoms with van der Waals surface area (Å²) in [4.78, 5) is 26.6. The summed E-state index contributed by atoms with van der Waals surface area (Å²) in [5, 5.41) is 12.0. The summed E-state index contributed by atoms with van der Waals surface area (Å²) in [6.07, 6.45) is 0.452. The number of carbonyl (C=O) groups excluding carboxylic acids is 1. The zero-order chi connectivity index (χ0) is 19.4. The lowest BCUT2D eigenvalue weighted by Gasteiger charge is -2.26. The van der Waals surface area contributed by atoms with Crippen molar-refractivity contribution in [3.63, 3.8) is 0 Å². The molecule has 0 bridgehead atoms. The van der Waals surface area contributed by atoms with Crippen LogP contribution < -0.4 is 20.3 Å². The van der Waals surface area contributed by atoms with E-state index in [9.17, 15) is 9.59 Å². The van der Waals surface area contributed by atoms with Crippen molar-refractivity contribution in [1.29, 1.82) is 5.26 Å². The van der Waals surface area contributed by atoms with Gasteiger partial charge in [0.05, 0.1) is 6.54 Å². The fraction of sp³-hybridized carbons (Fsp3) is 0.350. The molecule has 140 valence electrons. The average molecular weight is 367 g/mol. The topological polar surface area (TPSA) is 104 Å². The molecule has 1 aromatic heterocycles. The Morgan fingerprint density at radius 3 is 2.81 bits per heavy atom. The highest BCUT2D eigenvalue weighted by molar-refractivity contribution is 5.76. The summed E-state index contributed by atoms with van der Waals surface area (Å²) in [5.74, 6) is 1.25. The highest BCUT2D eigenvalue weighted by Gasteiger charge is 2.21. The van der Waals surface area contributed by atoms with Crippen molar-refractivity contribution in [2.24, 2.45) is 0 Å². The number of amides is 1. The number of nitrogens with zero attached hydrogens (tertiary/aromatic N) is 1. The molecule has 1 aromatic carbocycles. The number of fused-ring (bicyclic) bond motifs is 1. The number of aryl methyl sites for hydroxylation is 1. The van der Waals surface area contributed by atoms with Gasteiger partial charge in [-0.2, -0.15) is 5.26 Å². The Morgan fingerprint density at radius 1 is 1.33 bits per heavy atom. The zero-order valence-corrected chi connectivity index (χ0v) is 15.3. The van der Waals surface area contributed by atoms with E-state index in [1.54, 1.807) is 13.8 Å². The smallest absolute Gasteiger partial charge is 0.266 e. The van der Waals surface area contributed by atoms with Gasteiger partial charge in [-0.25, -0.2) is 0 Å². The minimum atomic E-state index is -0.393. The summed E-state index contributed by atoms with van der Waals surface area (Å²) in [7, 11) is 0. The van der Waals surface area contributed by atoms with Gasteiger partial charge in [-0.05, 0) is 43.5 Å². The average Bonchev–Trinajstić information content (AvgIpc) is 2.66. The minimum absolute atomic E-state index is 0.0995. The normalized spacial score (nSPS) is 15.1. The summed E-state index contributed by atoms with van der Waals surface area (Å²) < 4.78 is 11.4. The van der Waals surface area contributed by atoms with Gasteiger partial charge < -0.3 is 19.8 Å². The molecule has 0 aliphatic carbocycles. The maximum atomic E-state index is 12.2. The number of H-pyrrole nitrogens is 1. The van der Waals surface area contributed by atoms with E-state index in [1.807, 2.05) is 30.3 Å². The van der Waals surface area contributed by atoms with Crippen LogP contribution in [0, 0.1) is 25.2 Å². The number of hydrogen-bond donors (Lipinski definition) is 2. The quantitative estimate of drug-likeness (QED) is 0.838. The Balaban J connectivity index is 1.54. The van der Waals surface area contributed by atoms with Crippen LogP contribution in [0.3, 0.4) is 0 Å². The van der Waals surface area contributed by atoms with Crippen LogP contribution in [0.4, 0.5) is 0 Å². The molecule has 3 rings (SSSR count). The monoisotopic (exact) mass is 367 g/mol. The summed E-state index contributed by atoms with van der Waals surface area (Å²) in [5.41, 5.74) is 1.85. The van der Waals surface area contributed by atoms with Crippen LogP contribution in [-0.2, 0) is 11.2 Å². The van der Waals surface area contributed by atoms with E-state index in [1.165, 1.54) is 0 Å². The summed E-state index contributed by atoms with van der Waals surface area (Å²) >= 11 is 0. The molecular weight excluding hydrogens is 346 g/mol. The molecular formula is C20H21N3O4. The second-order valence-electron chi connectivity index (χ2n) is 6.47. The largest absolute Gasteiger partial charge is 0.486 e. The number of ether oxygens (including phenoxy) is 2. The third-order valence-electron chi connectivity index (χ3n) is 4.62. The third kappa shape index (κ3) is 4.11. The first-order valence-electron chi connectivity index (χ1n) is 8.77. The lowest BCUT2D eigenvalue weighted by atomic mass is 9.99. The van der Waals surface area contributed by atoms with Crippen molar-refractivity contribution in [2.45, 2.75) is 32.8 Å². The minimum Gasteiger partial charge on any atom is -0.486 e. The second-order valence-corrected chi connectivity index (χ2v) is 6.47. The Bertz CT molecular complexity index is 959. The number of carbonyl (C=O) groups is 1. The van der Waals surface area contributed by atoms with Crippen LogP contribution in [0.2, 0.25) is 0 Å². The highest BCUT2D eigenvalue weighted by Crippen LogP contribution is 2.30. The summed E-state index contributed by atoms with van der Waals surface area (Å²) in [6.45, 7) is 4.23. The molecule has 1 unspecified atom stereocenters. The van der Waals surface area contributed by atoms with E-state index in [-0.39, 0.29) is 24.0 Å². The number of benzene rings is 1. The van der Waals surface area contributed by atoms with Crippen molar-refractivity contribution >= 4 is 5.91 Å². The van der Waals surface area contributed by atoms with E-state index in [4.69, 9.17) is 14.7 Å². The standard InChI is InChI=1S/C20H21N3O4/c1-12-15(13(2)23-20(25)16(12)9-21)7-8-19(24)22-10-14-11-26-17-5-3-4-6-18(17)27-14/h3-6,14H,7-8,10-11H2,1-2H3,(H,22,24)(H,23,25). The van der Waals surface area contributed by atoms with Crippen molar-refractivity contribution in [3.8, 4) is 17.6 Å². The van der Waals surface area contributed by atoms with Gasteiger partial charge in [-0.1, -0.05) is 12.1 Å². The molecule has 1 aliphatic rings. The molecule has 1 amide bonds. The molecule has 0 fully saturated rings. The van der Waals surface area contributed by atoms with Gasteiger partial charge in [0.25, 0.3) is 5.56 Å². The Morgan fingerprint density at radius 2 is 2.07 bits per heavy atom. The molecule has 7 heteroatoms. The Hall–Kier alpha value is -3.27. The van der Waals surface area contributed by atoms with Gasteiger partial charge in [-0.15, -0.1) is 0 Å². The molecule has 7 nitrogen and oxygen atoms in total. The van der Waals surface area contributed by atoms with Gasteiger partial charge >= 0.3 is 0 Å². The first kappa shape index (κ1) is 18.5.